The minimum Gasteiger partial charge on any atom is -0.399 e. The maximum atomic E-state index is 11.9. The molecule has 1 aromatic carbocycles. The van der Waals surface area contributed by atoms with Crippen molar-refractivity contribution in [2.24, 2.45) is 0 Å². The van der Waals surface area contributed by atoms with E-state index in [1.165, 1.54) is 24.4 Å². The van der Waals surface area contributed by atoms with Gasteiger partial charge in [-0.05, 0) is 12.1 Å². The molecule has 8 nitrogen and oxygen atoms in total. The fourth-order valence-electron chi connectivity index (χ4n) is 1.30. The molecule has 1 amide bonds. The van der Waals surface area contributed by atoms with Gasteiger partial charge in [-0.3, -0.25) is 14.9 Å². The van der Waals surface area contributed by atoms with Crippen molar-refractivity contribution in [3.05, 3.63) is 40.1 Å². The lowest BCUT2D eigenvalue weighted by molar-refractivity contribution is -0.385. The van der Waals surface area contributed by atoms with Crippen LogP contribution in [0.4, 0.5) is 16.4 Å². The highest BCUT2D eigenvalue weighted by Crippen LogP contribution is 2.22. The maximum absolute atomic E-state index is 11.9. The van der Waals surface area contributed by atoms with Crippen molar-refractivity contribution in [3.8, 4) is 0 Å². The Kier molecular flexibility index (Phi) is 3.15. The summed E-state index contributed by atoms with van der Waals surface area (Å²) in [7, 11) is 0. The van der Waals surface area contributed by atoms with Gasteiger partial charge in [-0.25, -0.2) is 0 Å². The smallest absolute Gasteiger partial charge is 0.282 e. The number of rotatable bonds is 3. The van der Waals surface area contributed by atoms with Crippen LogP contribution < -0.4 is 11.1 Å². The number of hydrogen-bond acceptors (Lipinski definition) is 7. The van der Waals surface area contributed by atoms with E-state index in [1.807, 2.05) is 0 Å². The number of nitrogens with zero attached hydrogens (tertiary/aromatic N) is 3. The quantitative estimate of drug-likeness (QED) is 0.489. The Balaban J connectivity index is 2.34. The molecule has 0 fully saturated rings. The lowest BCUT2D eigenvalue weighted by atomic mass is 10.1. The topological polar surface area (TPSA) is 124 Å². The Labute approximate surface area is 105 Å². The maximum Gasteiger partial charge on any atom is 0.282 e. The van der Waals surface area contributed by atoms with Gasteiger partial charge < -0.3 is 11.1 Å². The summed E-state index contributed by atoms with van der Waals surface area (Å²) in [6.45, 7) is 0. The van der Waals surface area contributed by atoms with Gasteiger partial charge in [0.1, 0.15) is 10.6 Å². The zero-order valence-electron chi connectivity index (χ0n) is 8.86. The van der Waals surface area contributed by atoms with E-state index in [-0.39, 0.29) is 16.9 Å². The monoisotopic (exact) mass is 265 g/mol. The van der Waals surface area contributed by atoms with Crippen LogP contribution in [0.1, 0.15) is 10.4 Å². The highest BCUT2D eigenvalue weighted by Gasteiger charge is 2.20. The average Bonchev–Trinajstić information content (AvgIpc) is 2.81. The molecular weight excluding hydrogens is 258 g/mol. The summed E-state index contributed by atoms with van der Waals surface area (Å²) in [5.41, 5.74) is 5.38. The summed E-state index contributed by atoms with van der Waals surface area (Å²) in [5, 5.41) is 17.2. The molecule has 0 aliphatic rings. The van der Waals surface area contributed by atoms with Crippen molar-refractivity contribution in [1.82, 2.24) is 9.59 Å². The molecule has 0 unspecified atom stereocenters. The number of nitrogens with two attached hydrogens (primary N) is 1. The highest BCUT2D eigenvalue weighted by atomic mass is 32.1. The molecule has 2 rings (SSSR count). The summed E-state index contributed by atoms with van der Waals surface area (Å²) < 4.78 is 3.56. The third kappa shape index (κ3) is 2.40. The molecule has 1 heterocycles. The lowest BCUT2D eigenvalue weighted by Crippen LogP contribution is -2.13. The molecule has 2 aromatic rings. The van der Waals surface area contributed by atoms with Crippen LogP contribution in [0, 0.1) is 10.1 Å². The van der Waals surface area contributed by atoms with Crippen molar-refractivity contribution in [3.63, 3.8) is 0 Å². The fourth-order valence-corrected chi connectivity index (χ4v) is 1.71. The van der Waals surface area contributed by atoms with Crippen molar-refractivity contribution >= 4 is 33.8 Å². The standard InChI is InChI=1S/C9H7N5O3S/c10-5-1-2-7(14(16)17)6(3-5)9(15)12-8-4-11-13-18-8/h1-4H,10H2,(H,12,15). The van der Waals surface area contributed by atoms with Gasteiger partial charge >= 0.3 is 0 Å². The van der Waals surface area contributed by atoms with Crippen LogP contribution >= 0.6 is 11.5 Å². The number of benzene rings is 1. The van der Waals surface area contributed by atoms with Gasteiger partial charge in [-0.15, -0.1) is 5.10 Å². The van der Waals surface area contributed by atoms with Crippen molar-refractivity contribution in [1.29, 1.82) is 0 Å². The summed E-state index contributed by atoms with van der Waals surface area (Å²) in [4.78, 5) is 22.0. The van der Waals surface area contributed by atoms with Crippen LogP contribution in [0.5, 0.6) is 0 Å². The number of nitrogens with one attached hydrogen (secondary N) is 1. The van der Waals surface area contributed by atoms with Gasteiger partial charge in [-0.1, -0.05) is 4.49 Å². The molecule has 18 heavy (non-hydrogen) atoms. The van der Waals surface area contributed by atoms with E-state index in [0.717, 1.165) is 11.5 Å². The van der Waals surface area contributed by atoms with E-state index in [0.29, 0.717) is 5.00 Å². The first-order chi connectivity index (χ1) is 8.58. The van der Waals surface area contributed by atoms with Crippen LogP contribution in [-0.4, -0.2) is 20.4 Å². The van der Waals surface area contributed by atoms with Crippen molar-refractivity contribution in [2.75, 3.05) is 11.1 Å². The van der Waals surface area contributed by atoms with Crippen LogP contribution in [0.15, 0.2) is 24.4 Å². The van der Waals surface area contributed by atoms with E-state index < -0.39 is 10.8 Å². The third-order valence-corrected chi connectivity index (χ3v) is 2.64. The molecule has 92 valence electrons. The molecule has 3 N–H and O–H groups in total. The number of aromatic nitrogens is 2. The van der Waals surface area contributed by atoms with Gasteiger partial charge in [0.15, 0.2) is 0 Å². The molecule has 0 saturated heterocycles. The second-order valence-electron chi connectivity index (χ2n) is 3.27. The summed E-state index contributed by atoms with van der Waals surface area (Å²) in [5.74, 6) is -0.625. The zero-order chi connectivity index (χ0) is 13.1. The number of hydrogen-bond donors (Lipinski definition) is 2. The first-order valence-corrected chi connectivity index (χ1v) is 5.48. The minimum absolute atomic E-state index is 0.103. The Morgan fingerprint density at radius 2 is 2.28 bits per heavy atom. The molecule has 0 atom stereocenters. The SMILES string of the molecule is Nc1ccc([N+](=O)[O-])c(C(=O)Nc2cnns2)c1. The average molecular weight is 265 g/mol. The molecule has 0 spiro atoms. The second kappa shape index (κ2) is 4.75. The van der Waals surface area contributed by atoms with Crippen LogP contribution in [0.2, 0.25) is 0 Å². The Morgan fingerprint density at radius 1 is 1.50 bits per heavy atom. The molecule has 9 heteroatoms. The summed E-state index contributed by atoms with van der Waals surface area (Å²) >= 11 is 0.970. The second-order valence-corrected chi connectivity index (χ2v) is 4.06. The van der Waals surface area contributed by atoms with Gasteiger partial charge in [0.2, 0.25) is 0 Å². The lowest BCUT2D eigenvalue weighted by Gasteiger charge is -2.03. The minimum atomic E-state index is -0.640. The number of carbonyl (C=O) groups excluding carboxylic acids is 1. The number of nitro benzene ring substituents is 1. The number of carbonyl (C=O) groups is 1. The van der Waals surface area contributed by atoms with E-state index in [4.69, 9.17) is 5.73 Å². The van der Waals surface area contributed by atoms with Crippen LogP contribution in [0.25, 0.3) is 0 Å². The van der Waals surface area contributed by atoms with Crippen molar-refractivity contribution < 1.29 is 9.72 Å². The van der Waals surface area contributed by atoms with Gasteiger partial charge in [0, 0.05) is 23.3 Å². The Hall–Kier alpha value is -2.55. The molecule has 0 saturated carbocycles. The molecule has 0 aliphatic carbocycles. The predicted molar refractivity (Wildman–Crippen MR) is 65.4 cm³/mol. The van der Waals surface area contributed by atoms with Crippen molar-refractivity contribution in [2.45, 2.75) is 0 Å². The fraction of sp³-hybridized carbons (Fsp3) is 0. The van der Waals surface area contributed by atoms with E-state index >= 15 is 0 Å². The first kappa shape index (κ1) is 11.9. The Bertz CT molecular complexity index is 598. The molecule has 0 radical (unpaired) electrons. The predicted octanol–water partition coefficient (Wildman–Crippen LogP) is 1.28. The van der Waals surface area contributed by atoms with Gasteiger partial charge in [0.05, 0.1) is 11.1 Å². The van der Waals surface area contributed by atoms with Crippen LogP contribution in [-0.2, 0) is 0 Å². The number of amides is 1. The first-order valence-electron chi connectivity index (χ1n) is 4.70. The van der Waals surface area contributed by atoms with E-state index in [2.05, 4.69) is 14.9 Å². The zero-order valence-corrected chi connectivity index (χ0v) is 9.68. The van der Waals surface area contributed by atoms with Gasteiger partial charge in [0.25, 0.3) is 11.6 Å². The Morgan fingerprint density at radius 3 is 2.89 bits per heavy atom. The molecule has 0 aliphatic heterocycles. The van der Waals surface area contributed by atoms with Gasteiger partial charge in [-0.2, -0.15) is 0 Å². The van der Waals surface area contributed by atoms with E-state index in [9.17, 15) is 14.9 Å². The largest absolute Gasteiger partial charge is 0.399 e. The molecular formula is C9H7N5O3S. The number of anilines is 2. The molecule has 1 aromatic heterocycles. The molecule has 0 bridgehead atoms. The number of nitrogen functional groups attached to an aromatic ring is 1. The summed E-state index contributed by atoms with van der Waals surface area (Å²) in [6, 6.07) is 3.81. The summed E-state index contributed by atoms with van der Waals surface area (Å²) in [6.07, 6.45) is 1.35. The third-order valence-electron chi connectivity index (χ3n) is 2.06. The van der Waals surface area contributed by atoms with Crippen LogP contribution in [0.3, 0.4) is 0 Å². The number of nitro groups is 1. The van der Waals surface area contributed by atoms with E-state index in [1.54, 1.807) is 0 Å². The normalized spacial score (nSPS) is 10.0. The highest BCUT2D eigenvalue weighted by molar-refractivity contribution is 7.10.